The third-order valence-electron chi connectivity index (χ3n) is 8.84. The molecule has 2 aromatic rings. The first-order valence-electron chi connectivity index (χ1n) is 15.2. The van der Waals surface area contributed by atoms with E-state index in [0.29, 0.717) is 49.1 Å². The molecule has 0 unspecified atom stereocenters. The lowest BCUT2D eigenvalue weighted by atomic mass is 9.63. The number of nitrogens with zero attached hydrogens (tertiary/aromatic N) is 1. The second-order valence-corrected chi connectivity index (χ2v) is 14.2. The number of carbonyl (C=O) groups excluding carboxylic acids is 2. The van der Waals surface area contributed by atoms with E-state index in [-0.39, 0.29) is 22.4 Å². The van der Waals surface area contributed by atoms with Gasteiger partial charge in [0, 0.05) is 61.6 Å². The molecule has 0 saturated carbocycles. The highest BCUT2D eigenvalue weighted by Crippen LogP contribution is 2.55. The van der Waals surface area contributed by atoms with Crippen molar-refractivity contribution < 1.29 is 23.8 Å². The average Bonchev–Trinajstić information content (AvgIpc) is 2.92. The van der Waals surface area contributed by atoms with E-state index in [4.69, 9.17) is 25.8 Å². The first-order chi connectivity index (χ1) is 20.3. The Morgan fingerprint density at radius 2 is 1.47 bits per heavy atom. The van der Waals surface area contributed by atoms with Crippen molar-refractivity contribution >= 4 is 23.2 Å². The predicted molar refractivity (Wildman–Crippen MR) is 170 cm³/mol. The maximum absolute atomic E-state index is 14.1. The standard InChI is InChI=1S/C36H44ClNO5/c1-22-9-11-23(12-10-22)21-43-34-25(37)15-24(16-30(34)42-7)31-32-26(17-35(2,3)19-28(32)39)38(13-8-14-41-6)27-18-36(4,5)20-29(40)33(27)31/h9-12,15-16,31H,8,13-14,17-21H2,1-7H3. The Bertz CT molecular complexity index is 1430. The van der Waals surface area contributed by atoms with Crippen LogP contribution in [0.4, 0.5) is 0 Å². The van der Waals surface area contributed by atoms with Gasteiger partial charge in [0.1, 0.15) is 6.61 Å². The molecule has 0 bridgehead atoms. The molecule has 2 aromatic carbocycles. The molecule has 0 N–H and O–H groups in total. The van der Waals surface area contributed by atoms with Crippen LogP contribution in [-0.2, 0) is 20.9 Å². The minimum Gasteiger partial charge on any atom is -0.493 e. The molecule has 3 aliphatic rings. The van der Waals surface area contributed by atoms with Crippen molar-refractivity contribution in [1.82, 2.24) is 4.90 Å². The van der Waals surface area contributed by atoms with Crippen molar-refractivity contribution in [3.05, 3.63) is 80.7 Å². The van der Waals surface area contributed by atoms with Gasteiger partial charge in [-0.05, 0) is 60.3 Å². The third-order valence-corrected chi connectivity index (χ3v) is 9.12. The third kappa shape index (κ3) is 6.41. The van der Waals surface area contributed by atoms with Crippen LogP contribution in [0.15, 0.2) is 58.9 Å². The number of hydrogen-bond donors (Lipinski definition) is 0. The second kappa shape index (κ2) is 12.1. The van der Waals surface area contributed by atoms with Crippen molar-refractivity contribution in [3.63, 3.8) is 0 Å². The number of halogens is 1. The average molecular weight is 606 g/mol. The quantitative estimate of drug-likeness (QED) is 0.270. The number of carbonyl (C=O) groups is 2. The fourth-order valence-corrected chi connectivity index (χ4v) is 7.18. The van der Waals surface area contributed by atoms with Gasteiger partial charge < -0.3 is 19.1 Å². The SMILES string of the molecule is COCCCN1C2=C(C(=O)CC(C)(C)C2)C(c2cc(Cl)c(OCc3ccc(C)cc3)c(OC)c2)C2=C1CC(C)(C)CC2=O. The molecule has 0 atom stereocenters. The van der Waals surface area contributed by atoms with Crippen LogP contribution in [0.3, 0.4) is 0 Å². The van der Waals surface area contributed by atoms with Crippen LogP contribution in [-0.4, -0.2) is 43.8 Å². The Morgan fingerprint density at radius 3 is 2.00 bits per heavy atom. The van der Waals surface area contributed by atoms with Gasteiger partial charge >= 0.3 is 0 Å². The predicted octanol–water partition coefficient (Wildman–Crippen LogP) is 7.96. The molecule has 0 amide bonds. The Labute approximate surface area is 261 Å². The fraction of sp³-hybridized carbons (Fsp3) is 0.500. The molecular weight excluding hydrogens is 562 g/mol. The number of Topliss-reactive ketones (excluding diaryl/α,β-unsaturated/α-hetero) is 2. The van der Waals surface area contributed by atoms with E-state index in [9.17, 15) is 9.59 Å². The molecule has 1 aliphatic heterocycles. The van der Waals surface area contributed by atoms with Crippen molar-refractivity contribution in [2.24, 2.45) is 10.8 Å². The Balaban J connectivity index is 1.64. The van der Waals surface area contributed by atoms with Crippen molar-refractivity contribution in [1.29, 1.82) is 0 Å². The van der Waals surface area contributed by atoms with E-state index in [1.165, 1.54) is 5.56 Å². The number of benzene rings is 2. The van der Waals surface area contributed by atoms with Gasteiger partial charge in [-0.25, -0.2) is 0 Å². The molecule has 0 spiro atoms. The lowest BCUT2D eigenvalue weighted by molar-refractivity contribution is -0.119. The summed E-state index contributed by atoms with van der Waals surface area (Å²) in [7, 11) is 3.29. The topological polar surface area (TPSA) is 65.1 Å². The van der Waals surface area contributed by atoms with E-state index < -0.39 is 5.92 Å². The summed E-state index contributed by atoms with van der Waals surface area (Å²) in [6.07, 6.45) is 3.17. The lowest BCUT2D eigenvalue weighted by Crippen LogP contribution is -2.44. The summed E-state index contributed by atoms with van der Waals surface area (Å²) in [5.41, 5.74) is 6.10. The van der Waals surface area contributed by atoms with Gasteiger partial charge in [0.2, 0.25) is 0 Å². The lowest BCUT2D eigenvalue weighted by Gasteiger charge is -2.49. The summed E-state index contributed by atoms with van der Waals surface area (Å²) in [6.45, 7) is 12.3. The summed E-state index contributed by atoms with van der Waals surface area (Å²) in [5, 5.41) is 0.389. The van der Waals surface area contributed by atoms with Gasteiger partial charge in [-0.1, -0.05) is 69.1 Å². The van der Waals surface area contributed by atoms with Gasteiger partial charge in [0.15, 0.2) is 23.1 Å². The maximum Gasteiger partial charge on any atom is 0.180 e. The second-order valence-electron chi connectivity index (χ2n) is 13.8. The first kappa shape index (κ1) is 31.3. The summed E-state index contributed by atoms with van der Waals surface area (Å²) in [6, 6.07) is 11.9. The van der Waals surface area contributed by atoms with Crippen LogP contribution < -0.4 is 9.47 Å². The van der Waals surface area contributed by atoms with Crippen molar-refractivity contribution in [2.45, 2.75) is 79.2 Å². The van der Waals surface area contributed by atoms with E-state index in [1.54, 1.807) is 14.2 Å². The van der Waals surface area contributed by atoms with Crippen LogP contribution in [0.25, 0.3) is 0 Å². The van der Waals surface area contributed by atoms with Gasteiger partial charge in [0.05, 0.1) is 12.1 Å². The van der Waals surface area contributed by atoms with Crippen LogP contribution in [0.5, 0.6) is 11.5 Å². The molecule has 7 heteroatoms. The van der Waals surface area contributed by atoms with Crippen molar-refractivity contribution in [2.75, 3.05) is 27.4 Å². The number of hydrogen-bond acceptors (Lipinski definition) is 6. The van der Waals surface area contributed by atoms with Crippen LogP contribution in [0.1, 0.15) is 82.4 Å². The Kier molecular flexibility index (Phi) is 8.84. The van der Waals surface area contributed by atoms with Crippen LogP contribution in [0.2, 0.25) is 5.02 Å². The van der Waals surface area contributed by atoms with E-state index in [2.05, 4.69) is 32.6 Å². The Hall–Kier alpha value is -3.09. The zero-order valence-electron chi connectivity index (χ0n) is 26.6. The maximum atomic E-state index is 14.1. The Morgan fingerprint density at radius 1 is 0.884 bits per heavy atom. The van der Waals surface area contributed by atoms with Crippen molar-refractivity contribution in [3.8, 4) is 11.5 Å². The molecule has 5 rings (SSSR count). The van der Waals surface area contributed by atoms with Gasteiger partial charge in [0.25, 0.3) is 0 Å². The van der Waals surface area contributed by atoms with E-state index in [0.717, 1.165) is 52.9 Å². The molecular formula is C36H44ClNO5. The molecule has 230 valence electrons. The molecule has 43 heavy (non-hydrogen) atoms. The number of methoxy groups -OCH3 is 2. The van der Waals surface area contributed by atoms with Gasteiger partial charge in [-0.15, -0.1) is 0 Å². The summed E-state index contributed by atoms with van der Waals surface area (Å²) >= 11 is 6.92. The van der Waals surface area contributed by atoms with E-state index in [1.807, 2.05) is 43.3 Å². The van der Waals surface area contributed by atoms with E-state index >= 15 is 0 Å². The molecule has 0 aromatic heterocycles. The molecule has 0 fully saturated rings. The van der Waals surface area contributed by atoms with Gasteiger partial charge in [-0.2, -0.15) is 0 Å². The summed E-state index contributed by atoms with van der Waals surface area (Å²) in [5.74, 6) is 0.599. The van der Waals surface area contributed by atoms with Gasteiger partial charge in [-0.3, -0.25) is 9.59 Å². The number of rotatable bonds is 9. The summed E-state index contributed by atoms with van der Waals surface area (Å²) < 4.78 is 17.4. The number of ketones is 2. The highest BCUT2D eigenvalue weighted by Gasteiger charge is 2.49. The molecule has 0 radical (unpaired) electrons. The largest absolute Gasteiger partial charge is 0.493 e. The monoisotopic (exact) mass is 605 g/mol. The summed E-state index contributed by atoms with van der Waals surface area (Å²) in [4.78, 5) is 30.4. The first-order valence-corrected chi connectivity index (χ1v) is 15.6. The molecule has 0 saturated heterocycles. The minimum absolute atomic E-state index is 0.0898. The zero-order chi connectivity index (χ0) is 31.1. The fourth-order valence-electron chi connectivity index (χ4n) is 6.90. The number of ether oxygens (including phenoxy) is 3. The van der Waals surface area contributed by atoms with Crippen LogP contribution >= 0.6 is 11.6 Å². The zero-order valence-corrected chi connectivity index (χ0v) is 27.3. The molecule has 6 nitrogen and oxygen atoms in total. The minimum atomic E-state index is -0.506. The highest BCUT2D eigenvalue weighted by atomic mass is 35.5. The highest BCUT2D eigenvalue weighted by molar-refractivity contribution is 6.32. The molecule has 2 aliphatic carbocycles. The number of aryl methyl sites for hydroxylation is 1. The normalized spacial score (nSPS) is 19.9. The van der Waals surface area contributed by atoms with Crippen LogP contribution in [0, 0.1) is 17.8 Å². The number of allylic oxidation sites excluding steroid dienone is 4. The smallest absolute Gasteiger partial charge is 0.180 e. The molecule has 1 heterocycles.